The van der Waals surface area contributed by atoms with Crippen molar-refractivity contribution >= 4 is 32.6 Å². The molecule has 3 aromatic rings. The predicted molar refractivity (Wildman–Crippen MR) is 107 cm³/mol. The molecule has 6 heteroatoms. The summed E-state index contributed by atoms with van der Waals surface area (Å²) in [5.74, 6) is 0.782. The molecule has 0 radical (unpaired) electrons. The molecule has 136 valence electrons. The van der Waals surface area contributed by atoms with Gasteiger partial charge in [-0.2, -0.15) is 0 Å². The number of fused-ring (bicyclic) bond motifs is 1. The van der Waals surface area contributed by atoms with E-state index in [2.05, 4.69) is 4.90 Å². The zero-order valence-electron chi connectivity index (χ0n) is 15.3. The van der Waals surface area contributed by atoms with E-state index in [1.807, 2.05) is 62.6 Å². The van der Waals surface area contributed by atoms with Crippen molar-refractivity contribution in [2.24, 2.45) is 0 Å². The highest BCUT2D eigenvalue weighted by Crippen LogP contribution is 2.34. The number of aromatic nitrogens is 1. The Balaban J connectivity index is 1.91. The van der Waals surface area contributed by atoms with Crippen LogP contribution in [0.2, 0.25) is 0 Å². The molecule has 0 N–H and O–H groups in total. The molecule has 26 heavy (non-hydrogen) atoms. The van der Waals surface area contributed by atoms with E-state index in [9.17, 15) is 4.79 Å². The predicted octanol–water partition coefficient (Wildman–Crippen LogP) is 3.44. The van der Waals surface area contributed by atoms with Gasteiger partial charge in [0, 0.05) is 13.1 Å². The number of nitrogens with zero attached hydrogens (tertiary/aromatic N) is 3. The van der Waals surface area contributed by atoms with Gasteiger partial charge in [-0.15, -0.1) is 0 Å². The number of amides is 1. The van der Waals surface area contributed by atoms with Crippen molar-refractivity contribution < 1.29 is 9.53 Å². The second kappa shape index (κ2) is 8.29. The molecular formula is C20H23N3O2S. The second-order valence-corrected chi connectivity index (χ2v) is 7.32. The summed E-state index contributed by atoms with van der Waals surface area (Å²) in [6, 6.07) is 15.7. The van der Waals surface area contributed by atoms with Gasteiger partial charge in [0.15, 0.2) is 5.13 Å². The van der Waals surface area contributed by atoms with Gasteiger partial charge >= 0.3 is 0 Å². The minimum atomic E-state index is 0.0519. The third-order valence-corrected chi connectivity index (χ3v) is 5.14. The number of likely N-dealkylation sites (N-methyl/N-ethyl adjacent to an activating group) is 1. The summed E-state index contributed by atoms with van der Waals surface area (Å²) < 4.78 is 6.42. The quantitative estimate of drug-likeness (QED) is 0.640. The first-order valence-corrected chi connectivity index (χ1v) is 9.32. The number of carbonyl (C=O) groups excluding carboxylic acids is 1. The van der Waals surface area contributed by atoms with E-state index < -0.39 is 0 Å². The van der Waals surface area contributed by atoms with Gasteiger partial charge in [0.2, 0.25) is 5.91 Å². The van der Waals surface area contributed by atoms with Gasteiger partial charge in [0.1, 0.15) is 11.3 Å². The normalized spacial score (nSPS) is 11.1. The van der Waals surface area contributed by atoms with Gasteiger partial charge in [-0.05, 0) is 31.8 Å². The van der Waals surface area contributed by atoms with Crippen LogP contribution in [0, 0.1) is 0 Å². The Labute approximate surface area is 157 Å². The number of para-hydroxylation sites is 1. The average molecular weight is 369 g/mol. The number of rotatable bonds is 7. The van der Waals surface area contributed by atoms with Crippen LogP contribution < -0.4 is 9.64 Å². The number of thiazole rings is 1. The van der Waals surface area contributed by atoms with Crippen LogP contribution in [0.15, 0.2) is 48.5 Å². The average Bonchev–Trinajstić information content (AvgIpc) is 3.06. The maximum atomic E-state index is 13.0. The highest BCUT2D eigenvalue weighted by atomic mass is 32.1. The standard InChI is InChI=1S/C20H23N3O2S/c1-22(2)12-13-23(18(24)14-15-8-5-4-6-9-15)20-21-19-16(25-3)10-7-11-17(19)26-20/h4-11H,12-14H2,1-3H3. The number of carbonyl (C=O) groups is 1. The molecule has 5 nitrogen and oxygen atoms in total. The zero-order valence-corrected chi connectivity index (χ0v) is 16.1. The Hall–Kier alpha value is -2.44. The Morgan fingerprint density at radius 1 is 1.08 bits per heavy atom. The first-order valence-electron chi connectivity index (χ1n) is 8.51. The van der Waals surface area contributed by atoms with Crippen molar-refractivity contribution in [2.75, 3.05) is 39.2 Å². The molecule has 1 aromatic heterocycles. The highest BCUT2D eigenvalue weighted by Gasteiger charge is 2.21. The third-order valence-electron chi connectivity index (χ3n) is 4.09. The van der Waals surface area contributed by atoms with E-state index >= 15 is 0 Å². The van der Waals surface area contributed by atoms with Crippen molar-refractivity contribution in [3.63, 3.8) is 0 Å². The lowest BCUT2D eigenvalue weighted by Gasteiger charge is -2.22. The molecule has 0 aliphatic carbocycles. The summed E-state index contributed by atoms with van der Waals surface area (Å²) in [5.41, 5.74) is 1.81. The maximum Gasteiger partial charge on any atom is 0.233 e. The van der Waals surface area contributed by atoms with E-state index in [1.165, 1.54) is 11.3 Å². The summed E-state index contributed by atoms with van der Waals surface area (Å²) in [5, 5.41) is 0.715. The Morgan fingerprint density at radius 2 is 1.85 bits per heavy atom. The van der Waals surface area contributed by atoms with Gasteiger partial charge in [-0.1, -0.05) is 47.7 Å². The first-order chi connectivity index (χ1) is 12.6. The van der Waals surface area contributed by atoms with Crippen molar-refractivity contribution in [1.29, 1.82) is 0 Å². The minimum absolute atomic E-state index is 0.0519. The van der Waals surface area contributed by atoms with Crippen LogP contribution in [0.25, 0.3) is 10.2 Å². The van der Waals surface area contributed by atoms with Gasteiger partial charge in [0.05, 0.1) is 18.2 Å². The Kier molecular flexibility index (Phi) is 5.85. The number of anilines is 1. The maximum absolute atomic E-state index is 13.0. The van der Waals surface area contributed by atoms with Gasteiger partial charge in [-0.25, -0.2) is 4.98 Å². The van der Waals surface area contributed by atoms with Crippen LogP contribution in [0.1, 0.15) is 5.56 Å². The van der Waals surface area contributed by atoms with Crippen molar-refractivity contribution in [3.8, 4) is 5.75 Å². The van der Waals surface area contributed by atoms with Crippen molar-refractivity contribution in [2.45, 2.75) is 6.42 Å². The summed E-state index contributed by atoms with van der Waals surface area (Å²) in [6.45, 7) is 1.37. The van der Waals surface area contributed by atoms with Crippen LogP contribution in [0.3, 0.4) is 0 Å². The highest BCUT2D eigenvalue weighted by molar-refractivity contribution is 7.22. The lowest BCUT2D eigenvalue weighted by molar-refractivity contribution is -0.118. The topological polar surface area (TPSA) is 45.7 Å². The molecule has 3 rings (SSSR count). The molecule has 0 saturated carbocycles. The van der Waals surface area contributed by atoms with Crippen LogP contribution in [-0.4, -0.2) is 50.1 Å². The lowest BCUT2D eigenvalue weighted by Crippen LogP contribution is -2.37. The van der Waals surface area contributed by atoms with Crippen LogP contribution in [0.5, 0.6) is 5.75 Å². The van der Waals surface area contributed by atoms with Crippen molar-refractivity contribution in [1.82, 2.24) is 9.88 Å². The third kappa shape index (κ3) is 4.20. The van der Waals surface area contributed by atoms with Gasteiger partial charge < -0.3 is 9.64 Å². The van der Waals surface area contributed by atoms with Crippen LogP contribution in [0.4, 0.5) is 5.13 Å². The molecule has 0 fully saturated rings. The molecular weight excluding hydrogens is 346 g/mol. The van der Waals surface area contributed by atoms with E-state index in [0.717, 1.165) is 28.1 Å². The number of hydrogen-bond acceptors (Lipinski definition) is 5. The zero-order chi connectivity index (χ0) is 18.5. The molecule has 0 aliphatic rings. The number of ether oxygens (including phenoxy) is 1. The Bertz CT molecular complexity index is 877. The molecule has 1 heterocycles. The van der Waals surface area contributed by atoms with E-state index in [4.69, 9.17) is 9.72 Å². The van der Waals surface area contributed by atoms with E-state index in [-0.39, 0.29) is 5.91 Å². The molecule has 0 bridgehead atoms. The number of methoxy groups -OCH3 is 1. The van der Waals surface area contributed by atoms with Crippen LogP contribution in [-0.2, 0) is 11.2 Å². The van der Waals surface area contributed by atoms with Gasteiger partial charge in [-0.3, -0.25) is 9.69 Å². The summed E-state index contributed by atoms with van der Waals surface area (Å²) >= 11 is 1.52. The fourth-order valence-electron chi connectivity index (χ4n) is 2.68. The summed E-state index contributed by atoms with van der Waals surface area (Å²) in [7, 11) is 5.64. The fourth-order valence-corrected chi connectivity index (χ4v) is 3.71. The largest absolute Gasteiger partial charge is 0.494 e. The monoisotopic (exact) mass is 369 g/mol. The molecule has 0 atom stereocenters. The van der Waals surface area contributed by atoms with Gasteiger partial charge in [0.25, 0.3) is 0 Å². The molecule has 0 spiro atoms. The van der Waals surface area contributed by atoms with E-state index in [1.54, 1.807) is 12.0 Å². The molecule has 0 saturated heterocycles. The van der Waals surface area contributed by atoms with Crippen molar-refractivity contribution in [3.05, 3.63) is 54.1 Å². The molecule has 1 amide bonds. The number of hydrogen-bond donors (Lipinski definition) is 0. The molecule has 2 aromatic carbocycles. The lowest BCUT2D eigenvalue weighted by atomic mass is 10.1. The van der Waals surface area contributed by atoms with E-state index in [0.29, 0.717) is 18.1 Å². The summed E-state index contributed by atoms with van der Waals surface area (Å²) in [4.78, 5) is 21.6. The smallest absolute Gasteiger partial charge is 0.233 e. The first kappa shape index (κ1) is 18.4. The fraction of sp³-hybridized carbons (Fsp3) is 0.300. The Morgan fingerprint density at radius 3 is 2.54 bits per heavy atom. The number of benzene rings is 2. The minimum Gasteiger partial charge on any atom is -0.494 e. The summed E-state index contributed by atoms with van der Waals surface area (Å²) in [6.07, 6.45) is 0.362. The van der Waals surface area contributed by atoms with Crippen LogP contribution >= 0.6 is 11.3 Å². The molecule has 0 aliphatic heterocycles. The SMILES string of the molecule is COc1cccc2sc(N(CCN(C)C)C(=O)Cc3ccccc3)nc12. The second-order valence-electron chi connectivity index (χ2n) is 6.31. The molecule has 0 unspecified atom stereocenters.